The van der Waals surface area contributed by atoms with E-state index in [1.165, 1.54) is 0 Å². The molecule has 1 amide bonds. The highest BCUT2D eigenvalue weighted by Gasteiger charge is 2.37. The maximum Gasteiger partial charge on any atom is 0.240 e. The van der Waals surface area contributed by atoms with Crippen LogP contribution in [0.25, 0.3) is 0 Å². The number of hydrogen-bond acceptors (Lipinski definition) is 4. The number of benzene rings is 1. The Kier molecular flexibility index (Phi) is 5.16. The van der Waals surface area contributed by atoms with Crippen LogP contribution in [0.5, 0.6) is 0 Å². The Morgan fingerprint density at radius 3 is 2.54 bits per heavy atom. The van der Waals surface area contributed by atoms with Gasteiger partial charge in [-0.2, -0.15) is 0 Å². The van der Waals surface area contributed by atoms with Gasteiger partial charge in [-0.05, 0) is 64.0 Å². The second-order valence-electron chi connectivity index (χ2n) is 7.88. The molecule has 26 heavy (non-hydrogen) atoms. The smallest absolute Gasteiger partial charge is 0.240 e. The zero-order chi connectivity index (χ0) is 19.1. The highest BCUT2D eigenvalue weighted by Crippen LogP contribution is 2.35. The number of anilines is 1. The molecule has 1 saturated carbocycles. The van der Waals surface area contributed by atoms with Crippen molar-refractivity contribution in [3.8, 4) is 0 Å². The summed E-state index contributed by atoms with van der Waals surface area (Å²) in [5.74, 6) is -0.0147. The lowest BCUT2D eigenvalue weighted by molar-refractivity contribution is -0.116. The van der Waals surface area contributed by atoms with E-state index in [1.54, 1.807) is 30.0 Å². The van der Waals surface area contributed by atoms with Crippen LogP contribution in [0.15, 0.2) is 23.1 Å². The maximum atomic E-state index is 12.8. The summed E-state index contributed by atoms with van der Waals surface area (Å²) in [5.41, 5.74) is 1.65. The third kappa shape index (κ3) is 3.40. The van der Waals surface area contributed by atoms with Crippen molar-refractivity contribution in [1.29, 1.82) is 0 Å². The van der Waals surface area contributed by atoms with E-state index in [1.807, 2.05) is 21.0 Å². The van der Waals surface area contributed by atoms with E-state index < -0.39 is 10.0 Å². The Morgan fingerprint density at radius 1 is 1.31 bits per heavy atom. The molecule has 0 spiro atoms. The molecule has 1 fully saturated rings. The Bertz CT molecular complexity index is 798. The lowest BCUT2D eigenvalue weighted by Gasteiger charge is -2.36. The minimum atomic E-state index is -3.58. The maximum absolute atomic E-state index is 12.8. The molecule has 1 N–H and O–H groups in total. The average molecular weight is 380 g/mol. The number of carbonyl (C=O) groups excluding carboxylic acids is 1. The summed E-state index contributed by atoms with van der Waals surface area (Å²) in [7, 11) is 0.465. The third-order valence-corrected chi connectivity index (χ3v) is 7.39. The molecule has 7 heteroatoms. The molecule has 1 aromatic carbocycles. The first-order valence-electron chi connectivity index (χ1n) is 9.26. The van der Waals surface area contributed by atoms with Gasteiger partial charge < -0.3 is 9.80 Å². The largest absolute Gasteiger partial charge is 0.309 e. The van der Waals surface area contributed by atoms with E-state index in [2.05, 4.69) is 9.62 Å². The molecule has 0 aromatic heterocycles. The zero-order valence-electron chi connectivity index (χ0n) is 16.1. The summed E-state index contributed by atoms with van der Waals surface area (Å²) in [5, 5.41) is 0. The molecule has 3 rings (SSSR count). The van der Waals surface area contributed by atoms with E-state index in [9.17, 15) is 13.2 Å². The lowest BCUT2D eigenvalue weighted by Crippen LogP contribution is -2.50. The van der Waals surface area contributed by atoms with Gasteiger partial charge in [0.2, 0.25) is 15.9 Å². The highest BCUT2D eigenvalue weighted by molar-refractivity contribution is 7.89. The predicted molar refractivity (Wildman–Crippen MR) is 103 cm³/mol. The minimum Gasteiger partial charge on any atom is -0.309 e. The van der Waals surface area contributed by atoms with E-state index >= 15 is 0 Å². The number of likely N-dealkylation sites (N-methyl/N-ethyl adjacent to an activating group) is 1. The fraction of sp³-hybridized carbons (Fsp3) is 0.632. The van der Waals surface area contributed by atoms with Crippen molar-refractivity contribution < 1.29 is 13.2 Å². The fourth-order valence-corrected chi connectivity index (χ4v) is 5.55. The van der Waals surface area contributed by atoms with Crippen LogP contribution >= 0.6 is 0 Å². The van der Waals surface area contributed by atoms with Gasteiger partial charge in [0.1, 0.15) is 0 Å². The van der Waals surface area contributed by atoms with E-state index in [0.29, 0.717) is 13.0 Å². The molecule has 0 radical (unpaired) electrons. The van der Waals surface area contributed by atoms with Gasteiger partial charge in [-0.3, -0.25) is 4.79 Å². The number of fused-ring (bicyclic) bond motifs is 1. The minimum absolute atomic E-state index is 0.0147. The monoisotopic (exact) mass is 379 g/mol. The Labute approximate surface area is 156 Å². The van der Waals surface area contributed by atoms with Crippen LogP contribution in [-0.4, -0.2) is 51.4 Å². The summed E-state index contributed by atoms with van der Waals surface area (Å²) >= 11 is 0. The standard InChI is InChI=1S/C19H29N3O3S/c1-14-11-16-12-17(7-8-18(16)22(14)15(2)23)26(24,25)20-13-19(21(3)4)9-5-6-10-19/h7-8,12,14,20H,5-6,9-11,13H2,1-4H3. The first-order valence-corrected chi connectivity index (χ1v) is 10.7. The Balaban J connectivity index is 1.81. The van der Waals surface area contributed by atoms with Crippen molar-refractivity contribution in [1.82, 2.24) is 9.62 Å². The van der Waals surface area contributed by atoms with Crippen LogP contribution in [0.1, 0.15) is 45.1 Å². The molecule has 1 unspecified atom stereocenters. The van der Waals surface area contributed by atoms with Gasteiger partial charge in [-0.1, -0.05) is 12.8 Å². The van der Waals surface area contributed by atoms with Crippen molar-refractivity contribution in [3.05, 3.63) is 23.8 Å². The quantitative estimate of drug-likeness (QED) is 0.851. The summed E-state index contributed by atoms with van der Waals surface area (Å²) < 4.78 is 28.5. The average Bonchev–Trinajstić information content (AvgIpc) is 3.16. The number of rotatable bonds is 5. The van der Waals surface area contributed by atoms with Gasteiger partial charge in [0, 0.05) is 30.7 Å². The normalized spacial score (nSPS) is 22.0. The molecule has 1 atom stereocenters. The van der Waals surface area contributed by atoms with E-state index in [-0.39, 0.29) is 22.4 Å². The Morgan fingerprint density at radius 2 is 1.96 bits per heavy atom. The van der Waals surface area contributed by atoms with Crippen LogP contribution in [0.3, 0.4) is 0 Å². The molecule has 2 aliphatic rings. The summed E-state index contributed by atoms with van der Waals surface area (Å²) in [4.78, 5) is 16.0. The van der Waals surface area contributed by atoms with Crippen molar-refractivity contribution in [2.24, 2.45) is 0 Å². The second-order valence-corrected chi connectivity index (χ2v) is 9.65. The highest BCUT2D eigenvalue weighted by atomic mass is 32.2. The zero-order valence-corrected chi connectivity index (χ0v) is 16.9. The summed E-state index contributed by atoms with van der Waals surface area (Å²) in [6.45, 7) is 3.95. The molecule has 6 nitrogen and oxygen atoms in total. The van der Waals surface area contributed by atoms with Crippen molar-refractivity contribution in [3.63, 3.8) is 0 Å². The number of carbonyl (C=O) groups is 1. The first-order chi connectivity index (χ1) is 12.2. The molecule has 144 valence electrons. The second kappa shape index (κ2) is 6.94. The first kappa shape index (κ1) is 19.3. The van der Waals surface area contributed by atoms with Crippen molar-refractivity contribution in [2.75, 3.05) is 25.5 Å². The van der Waals surface area contributed by atoms with Crippen LogP contribution in [0.4, 0.5) is 5.69 Å². The van der Waals surface area contributed by atoms with Crippen LogP contribution < -0.4 is 9.62 Å². The van der Waals surface area contributed by atoms with Crippen LogP contribution in [0.2, 0.25) is 0 Å². The molecule has 1 aliphatic heterocycles. The predicted octanol–water partition coefficient (Wildman–Crippen LogP) is 2.14. The summed E-state index contributed by atoms with van der Waals surface area (Å²) in [6.07, 6.45) is 4.98. The van der Waals surface area contributed by atoms with Crippen molar-refractivity contribution >= 4 is 21.6 Å². The van der Waals surface area contributed by atoms with E-state index in [4.69, 9.17) is 0 Å². The van der Waals surface area contributed by atoms with Gasteiger partial charge in [0.15, 0.2) is 0 Å². The molecule has 0 bridgehead atoms. The number of nitrogens with zero attached hydrogens (tertiary/aromatic N) is 2. The lowest BCUT2D eigenvalue weighted by atomic mass is 9.97. The molecule has 1 aliphatic carbocycles. The molecule has 1 aromatic rings. The van der Waals surface area contributed by atoms with Crippen LogP contribution in [-0.2, 0) is 21.2 Å². The van der Waals surface area contributed by atoms with Crippen molar-refractivity contribution in [2.45, 2.75) is 62.4 Å². The molecular formula is C19H29N3O3S. The molecule has 0 saturated heterocycles. The van der Waals surface area contributed by atoms with Gasteiger partial charge >= 0.3 is 0 Å². The third-order valence-electron chi connectivity index (χ3n) is 5.99. The molecule has 1 heterocycles. The number of sulfonamides is 1. The van der Waals surface area contributed by atoms with Gasteiger partial charge in [0.25, 0.3) is 0 Å². The van der Waals surface area contributed by atoms with E-state index in [0.717, 1.165) is 36.9 Å². The Hall–Kier alpha value is -1.44. The number of nitrogens with one attached hydrogen (secondary N) is 1. The van der Waals surface area contributed by atoms with Gasteiger partial charge in [-0.25, -0.2) is 13.1 Å². The summed E-state index contributed by atoms with van der Waals surface area (Å²) in [6, 6.07) is 5.13. The fourth-order valence-electron chi connectivity index (χ4n) is 4.38. The van der Waals surface area contributed by atoms with Crippen LogP contribution in [0, 0.1) is 0 Å². The topological polar surface area (TPSA) is 69.7 Å². The van der Waals surface area contributed by atoms with Gasteiger partial charge in [0.05, 0.1) is 4.90 Å². The molecular weight excluding hydrogens is 350 g/mol. The number of amides is 1. The van der Waals surface area contributed by atoms with Gasteiger partial charge in [-0.15, -0.1) is 0 Å². The number of hydrogen-bond donors (Lipinski definition) is 1. The SMILES string of the molecule is CC(=O)N1c2ccc(S(=O)(=O)NCC3(N(C)C)CCCC3)cc2CC1C.